The highest BCUT2D eigenvalue weighted by molar-refractivity contribution is 7.98. The highest BCUT2D eigenvalue weighted by Crippen LogP contribution is 2.27. The van der Waals surface area contributed by atoms with E-state index in [2.05, 4.69) is 21.9 Å². The molecule has 0 spiro atoms. The number of fused-ring (bicyclic) bond motifs is 1. The third kappa shape index (κ3) is 5.01. The van der Waals surface area contributed by atoms with Crippen molar-refractivity contribution >= 4 is 39.3 Å². The molecule has 0 aliphatic carbocycles. The van der Waals surface area contributed by atoms with E-state index in [0.717, 1.165) is 41.4 Å². The molecule has 0 unspecified atom stereocenters. The first-order valence-electron chi connectivity index (χ1n) is 8.63. The molecule has 27 heavy (non-hydrogen) atoms. The molecular weight excluding hydrogens is 385 g/mol. The number of nitrogens with zero attached hydrogens (tertiary/aromatic N) is 3. The van der Waals surface area contributed by atoms with Crippen molar-refractivity contribution in [3.8, 4) is 0 Å². The average molecular weight is 406 g/mol. The van der Waals surface area contributed by atoms with E-state index in [1.807, 2.05) is 18.6 Å². The summed E-state index contributed by atoms with van der Waals surface area (Å²) in [5.41, 5.74) is 0.214. The number of aromatic nitrogens is 3. The first-order valence-corrected chi connectivity index (χ1v) is 10.7. The Kier molecular flexibility index (Phi) is 6.38. The van der Waals surface area contributed by atoms with Crippen LogP contribution in [0, 0.1) is 11.7 Å². The molecule has 1 aromatic carbocycles. The predicted octanol–water partition coefficient (Wildman–Crippen LogP) is 4.85. The van der Waals surface area contributed by atoms with Crippen molar-refractivity contribution in [2.45, 2.75) is 37.5 Å². The molecule has 0 amide bonds. The van der Waals surface area contributed by atoms with Crippen molar-refractivity contribution < 1.29 is 14.3 Å². The van der Waals surface area contributed by atoms with E-state index in [9.17, 15) is 9.18 Å². The maximum atomic E-state index is 13.8. The normalized spacial score (nSPS) is 12.4. The van der Waals surface area contributed by atoms with E-state index in [-0.39, 0.29) is 5.56 Å². The molecule has 0 fully saturated rings. The van der Waals surface area contributed by atoms with Crippen molar-refractivity contribution in [3.63, 3.8) is 0 Å². The third-order valence-corrected chi connectivity index (χ3v) is 6.14. The molecule has 142 valence electrons. The minimum atomic E-state index is -1.26. The summed E-state index contributed by atoms with van der Waals surface area (Å²) in [5.74, 6) is -0.665. The Bertz CT molecular complexity index is 944. The number of carboxylic acid groups (broad SMARTS) is 1. The van der Waals surface area contributed by atoms with Crippen LogP contribution in [0.3, 0.4) is 0 Å². The summed E-state index contributed by atoms with van der Waals surface area (Å²) in [6.07, 6.45) is 9.27. The van der Waals surface area contributed by atoms with Crippen LogP contribution in [0.15, 0.2) is 29.4 Å². The Labute approximate surface area is 165 Å². The summed E-state index contributed by atoms with van der Waals surface area (Å²) < 4.78 is 14.5. The molecule has 0 aliphatic heterocycles. The second kappa shape index (κ2) is 8.75. The minimum absolute atomic E-state index is 0.307. The van der Waals surface area contributed by atoms with E-state index in [0.29, 0.717) is 16.1 Å². The number of aryl methyl sites for hydroxylation is 2. The molecule has 0 saturated carbocycles. The Hall–Kier alpha value is -2.06. The minimum Gasteiger partial charge on any atom is -0.478 e. The lowest BCUT2D eigenvalue weighted by Crippen LogP contribution is -2.02. The van der Waals surface area contributed by atoms with Gasteiger partial charge in [0, 0.05) is 29.8 Å². The summed E-state index contributed by atoms with van der Waals surface area (Å²) in [4.78, 5) is 25.3. The van der Waals surface area contributed by atoms with Gasteiger partial charge in [0.15, 0.2) is 0 Å². The Morgan fingerprint density at radius 3 is 2.63 bits per heavy atom. The first-order chi connectivity index (χ1) is 13.0. The van der Waals surface area contributed by atoms with Gasteiger partial charge >= 0.3 is 5.97 Å². The van der Waals surface area contributed by atoms with Crippen LogP contribution in [-0.4, -0.2) is 32.3 Å². The monoisotopic (exact) mass is 405 g/mol. The van der Waals surface area contributed by atoms with E-state index < -0.39 is 11.8 Å². The molecule has 0 aliphatic rings. The van der Waals surface area contributed by atoms with Gasteiger partial charge in [-0.25, -0.2) is 24.1 Å². The van der Waals surface area contributed by atoms with Crippen molar-refractivity contribution in [1.82, 2.24) is 15.0 Å². The van der Waals surface area contributed by atoms with Crippen LogP contribution in [-0.2, 0) is 12.8 Å². The van der Waals surface area contributed by atoms with Gasteiger partial charge in [0.05, 0.1) is 20.8 Å². The van der Waals surface area contributed by atoms with Gasteiger partial charge in [0.1, 0.15) is 11.6 Å². The van der Waals surface area contributed by atoms with Crippen molar-refractivity contribution in [3.05, 3.63) is 46.7 Å². The molecular formula is C19H20FN3O2S2. The second-order valence-electron chi connectivity index (χ2n) is 6.43. The van der Waals surface area contributed by atoms with Gasteiger partial charge < -0.3 is 5.11 Å². The maximum absolute atomic E-state index is 13.8. The van der Waals surface area contributed by atoms with Gasteiger partial charge in [-0.1, -0.05) is 6.92 Å². The number of aromatic carboxylic acids is 1. The maximum Gasteiger partial charge on any atom is 0.338 e. The Morgan fingerprint density at radius 2 is 1.96 bits per heavy atom. The lowest BCUT2D eigenvalue weighted by Gasteiger charge is -2.09. The van der Waals surface area contributed by atoms with Gasteiger partial charge in [-0.2, -0.15) is 0 Å². The number of thioether (sulfide) groups is 1. The fourth-order valence-corrected chi connectivity index (χ4v) is 4.05. The highest BCUT2D eigenvalue weighted by Gasteiger charge is 2.15. The van der Waals surface area contributed by atoms with Crippen LogP contribution in [0.5, 0.6) is 0 Å². The van der Waals surface area contributed by atoms with E-state index in [1.165, 1.54) is 23.5 Å². The fourth-order valence-electron chi connectivity index (χ4n) is 2.73. The lowest BCUT2D eigenvalue weighted by atomic mass is 10.00. The molecule has 3 aromatic rings. The molecule has 0 radical (unpaired) electrons. The molecule has 0 bridgehead atoms. The number of benzene rings is 1. The molecule has 3 rings (SSSR count). The topological polar surface area (TPSA) is 76.0 Å². The zero-order chi connectivity index (χ0) is 19.4. The zero-order valence-electron chi connectivity index (χ0n) is 15.1. The predicted molar refractivity (Wildman–Crippen MR) is 106 cm³/mol. The number of hydrogen-bond donors (Lipinski definition) is 1. The van der Waals surface area contributed by atoms with Crippen LogP contribution < -0.4 is 0 Å². The van der Waals surface area contributed by atoms with Crippen molar-refractivity contribution in [2.24, 2.45) is 5.92 Å². The summed E-state index contributed by atoms with van der Waals surface area (Å²) >= 11 is 3.06. The molecule has 2 aromatic heterocycles. The summed E-state index contributed by atoms with van der Waals surface area (Å²) in [7, 11) is 0. The van der Waals surface area contributed by atoms with Crippen molar-refractivity contribution in [1.29, 1.82) is 0 Å². The second-order valence-corrected chi connectivity index (χ2v) is 8.43. The van der Waals surface area contributed by atoms with Crippen molar-refractivity contribution in [2.75, 3.05) is 6.26 Å². The quantitative estimate of drug-likeness (QED) is 0.540. The van der Waals surface area contributed by atoms with E-state index >= 15 is 0 Å². The average Bonchev–Trinajstić information content (AvgIpc) is 3.06. The largest absolute Gasteiger partial charge is 0.478 e. The van der Waals surface area contributed by atoms with Gasteiger partial charge in [-0.3, -0.25) is 0 Å². The van der Waals surface area contributed by atoms with Gasteiger partial charge in [-0.05, 0) is 37.5 Å². The standard InChI is InChI=1S/C19H20FN3O2S2/c1-11(3-5-17-21-9-12(26-2)10-22-17)4-6-18-23-15-8-14(20)13(19(24)25)7-16(15)27-18/h7-11H,3-6H2,1-2H3,(H,24,25)/t11-/m0/s1. The summed E-state index contributed by atoms with van der Waals surface area (Å²) in [6.45, 7) is 2.19. The molecule has 2 heterocycles. The van der Waals surface area contributed by atoms with E-state index in [4.69, 9.17) is 5.11 Å². The lowest BCUT2D eigenvalue weighted by molar-refractivity contribution is 0.0692. The molecule has 1 N–H and O–H groups in total. The molecule has 5 nitrogen and oxygen atoms in total. The summed E-state index contributed by atoms with van der Waals surface area (Å²) in [5, 5.41) is 9.93. The summed E-state index contributed by atoms with van der Waals surface area (Å²) in [6, 6.07) is 2.57. The molecule has 1 atom stereocenters. The Balaban J connectivity index is 1.56. The fraction of sp³-hybridized carbons (Fsp3) is 0.368. The van der Waals surface area contributed by atoms with Crippen LogP contribution in [0.25, 0.3) is 10.2 Å². The van der Waals surface area contributed by atoms with Crippen LogP contribution in [0.1, 0.15) is 41.0 Å². The van der Waals surface area contributed by atoms with Crippen LogP contribution in [0.4, 0.5) is 4.39 Å². The number of halogens is 1. The van der Waals surface area contributed by atoms with E-state index in [1.54, 1.807) is 11.8 Å². The Morgan fingerprint density at radius 1 is 1.26 bits per heavy atom. The third-order valence-electron chi connectivity index (χ3n) is 4.38. The zero-order valence-corrected chi connectivity index (χ0v) is 16.7. The molecule has 8 heteroatoms. The van der Waals surface area contributed by atoms with Gasteiger partial charge in [0.25, 0.3) is 0 Å². The first kappa shape index (κ1) is 19.7. The number of rotatable bonds is 8. The van der Waals surface area contributed by atoms with Gasteiger partial charge in [0.2, 0.25) is 0 Å². The number of carbonyl (C=O) groups is 1. The van der Waals surface area contributed by atoms with Crippen LogP contribution >= 0.6 is 23.1 Å². The highest BCUT2D eigenvalue weighted by atomic mass is 32.2. The number of hydrogen-bond acceptors (Lipinski definition) is 6. The SMILES string of the molecule is CSc1cnc(CC[C@H](C)CCc2nc3cc(F)c(C(=O)O)cc3s2)nc1. The molecule has 0 saturated heterocycles. The van der Waals surface area contributed by atoms with Crippen LogP contribution in [0.2, 0.25) is 0 Å². The number of thiazole rings is 1. The number of carboxylic acids is 1. The smallest absolute Gasteiger partial charge is 0.338 e. The van der Waals surface area contributed by atoms with Gasteiger partial charge in [-0.15, -0.1) is 23.1 Å².